The molecule has 0 bridgehead atoms. The Labute approximate surface area is 129 Å². The van der Waals surface area contributed by atoms with E-state index in [0.29, 0.717) is 0 Å². The second kappa shape index (κ2) is 12.8. The van der Waals surface area contributed by atoms with Crippen molar-refractivity contribution in [2.24, 2.45) is 0 Å². The van der Waals surface area contributed by atoms with Crippen molar-refractivity contribution in [3.05, 3.63) is 12.8 Å². The Balaban J connectivity index is -0.000000980. The van der Waals surface area contributed by atoms with Gasteiger partial charge < -0.3 is 38.4 Å². The fraction of sp³-hybridized carbons (Fsp3) is 0.769. The highest BCUT2D eigenvalue weighted by Crippen LogP contribution is 2.07. The molecule has 0 N–H and O–H groups in total. The van der Waals surface area contributed by atoms with Gasteiger partial charge in [0.25, 0.3) is 0 Å². The lowest BCUT2D eigenvalue weighted by atomic mass is 10.2. The molecule has 0 aliphatic rings. The standard InChI is InChI=1S/C13H28N2.2BrH/c1-6-14(7-2)12-11-13-15(8-3,9-4)10-5;;/h6-7H,1,8-13H2,2-5H3;2*1H/q+2;;/p-2. The predicted octanol–water partition coefficient (Wildman–Crippen LogP) is -3.49. The molecule has 0 radical (unpaired) electrons. The molecule has 0 unspecified atom stereocenters. The third-order valence-electron chi connectivity index (χ3n) is 3.63. The summed E-state index contributed by atoms with van der Waals surface area (Å²) < 4.78 is 3.41. The minimum absolute atomic E-state index is 0. The number of nitrogens with zero attached hydrogens (tertiary/aromatic N) is 2. The molecule has 0 aromatic heterocycles. The van der Waals surface area contributed by atoms with Crippen molar-refractivity contribution in [2.45, 2.75) is 34.1 Å². The van der Waals surface area contributed by atoms with E-state index in [-0.39, 0.29) is 34.0 Å². The zero-order chi connectivity index (χ0) is 11.7. The first-order valence-electron chi connectivity index (χ1n) is 6.20. The lowest BCUT2D eigenvalue weighted by Crippen LogP contribution is -3.00. The number of halogens is 2. The molecule has 0 aromatic carbocycles. The molecule has 0 aliphatic heterocycles. The SMILES string of the molecule is C=C[N+](=CC)CCC[N+](CC)(CC)CC.[Br-].[Br-]. The van der Waals surface area contributed by atoms with Crippen molar-refractivity contribution < 1.29 is 43.0 Å². The van der Waals surface area contributed by atoms with Crippen LogP contribution in [0.15, 0.2) is 12.8 Å². The van der Waals surface area contributed by atoms with Gasteiger partial charge in [-0.1, -0.05) is 0 Å². The van der Waals surface area contributed by atoms with Crippen LogP contribution in [0.1, 0.15) is 34.1 Å². The van der Waals surface area contributed by atoms with E-state index in [1.54, 1.807) is 0 Å². The van der Waals surface area contributed by atoms with Crippen LogP contribution in [0.2, 0.25) is 0 Å². The molecular weight excluding hydrogens is 344 g/mol. The van der Waals surface area contributed by atoms with Crippen LogP contribution in [0.3, 0.4) is 0 Å². The maximum atomic E-state index is 3.80. The van der Waals surface area contributed by atoms with Gasteiger partial charge >= 0.3 is 0 Å². The van der Waals surface area contributed by atoms with Crippen LogP contribution in [0, 0.1) is 0 Å². The first-order valence-corrected chi connectivity index (χ1v) is 6.20. The number of quaternary nitrogens is 1. The van der Waals surface area contributed by atoms with Crippen LogP contribution in [-0.4, -0.2) is 48.0 Å². The predicted molar refractivity (Wildman–Crippen MR) is 68.4 cm³/mol. The Bertz CT molecular complexity index is 203. The summed E-state index contributed by atoms with van der Waals surface area (Å²) in [7, 11) is 0. The van der Waals surface area contributed by atoms with Gasteiger partial charge in [0.05, 0.1) is 32.6 Å². The molecule has 0 rings (SSSR count). The highest BCUT2D eigenvalue weighted by molar-refractivity contribution is 5.47. The van der Waals surface area contributed by atoms with E-state index in [0.717, 1.165) is 6.54 Å². The van der Waals surface area contributed by atoms with Crippen molar-refractivity contribution in [1.29, 1.82) is 0 Å². The van der Waals surface area contributed by atoms with Gasteiger partial charge in [-0.25, -0.2) is 4.58 Å². The lowest BCUT2D eigenvalue weighted by Gasteiger charge is -2.35. The second-order valence-corrected chi connectivity index (χ2v) is 4.05. The Morgan fingerprint density at radius 1 is 1.06 bits per heavy atom. The monoisotopic (exact) mass is 370 g/mol. The summed E-state index contributed by atoms with van der Waals surface area (Å²) in [5.41, 5.74) is 0. The molecule has 0 amide bonds. The zero-order valence-corrected chi connectivity index (χ0v) is 14.9. The van der Waals surface area contributed by atoms with Crippen LogP contribution in [0.4, 0.5) is 0 Å². The number of hydrogen-bond acceptors (Lipinski definition) is 0. The van der Waals surface area contributed by atoms with Crippen molar-refractivity contribution in [3.63, 3.8) is 0 Å². The highest BCUT2D eigenvalue weighted by atomic mass is 79.9. The van der Waals surface area contributed by atoms with Crippen LogP contribution in [0.5, 0.6) is 0 Å². The maximum Gasteiger partial charge on any atom is 0.161 e. The van der Waals surface area contributed by atoms with Gasteiger partial charge in [0.1, 0.15) is 6.21 Å². The van der Waals surface area contributed by atoms with E-state index in [1.165, 1.54) is 37.1 Å². The minimum Gasteiger partial charge on any atom is -1.00 e. The quantitative estimate of drug-likeness (QED) is 0.237. The van der Waals surface area contributed by atoms with Gasteiger partial charge in [0.2, 0.25) is 0 Å². The normalized spacial score (nSPS) is 11.4. The summed E-state index contributed by atoms with van der Waals surface area (Å²) in [6.07, 6.45) is 5.23. The smallest absolute Gasteiger partial charge is 0.161 e. The second-order valence-electron chi connectivity index (χ2n) is 4.05. The van der Waals surface area contributed by atoms with Gasteiger partial charge in [-0.2, -0.15) is 0 Å². The number of hydrogen-bond donors (Lipinski definition) is 0. The molecule has 104 valence electrons. The average molecular weight is 372 g/mol. The third kappa shape index (κ3) is 8.11. The van der Waals surface area contributed by atoms with Crippen LogP contribution < -0.4 is 34.0 Å². The van der Waals surface area contributed by atoms with Crippen molar-refractivity contribution in [3.8, 4) is 0 Å². The number of rotatable bonds is 8. The Morgan fingerprint density at radius 3 is 1.82 bits per heavy atom. The van der Waals surface area contributed by atoms with E-state index in [4.69, 9.17) is 0 Å². The molecule has 0 saturated heterocycles. The molecule has 0 heterocycles. The molecule has 0 saturated carbocycles. The van der Waals surface area contributed by atoms with Crippen LogP contribution in [-0.2, 0) is 0 Å². The van der Waals surface area contributed by atoms with E-state index in [9.17, 15) is 0 Å². The molecule has 0 atom stereocenters. The minimum atomic E-state index is 0. The highest BCUT2D eigenvalue weighted by Gasteiger charge is 2.20. The molecular formula is C13H28Br2N2. The van der Waals surface area contributed by atoms with Gasteiger partial charge in [0.15, 0.2) is 12.7 Å². The average Bonchev–Trinajstić information content (AvgIpc) is 2.31. The molecule has 17 heavy (non-hydrogen) atoms. The fourth-order valence-corrected chi connectivity index (χ4v) is 2.06. The Hall–Kier alpha value is 0.330. The summed E-state index contributed by atoms with van der Waals surface area (Å²) >= 11 is 0. The lowest BCUT2D eigenvalue weighted by molar-refractivity contribution is -0.924. The molecule has 0 aromatic rings. The van der Waals surface area contributed by atoms with Crippen molar-refractivity contribution in [2.75, 3.05) is 32.7 Å². The largest absolute Gasteiger partial charge is 1.00 e. The summed E-state index contributed by atoms with van der Waals surface area (Å²) in [4.78, 5) is 0. The van der Waals surface area contributed by atoms with Gasteiger partial charge in [0, 0.05) is 6.92 Å². The fourth-order valence-electron chi connectivity index (χ4n) is 2.06. The first-order chi connectivity index (χ1) is 7.17. The summed E-state index contributed by atoms with van der Waals surface area (Å²) in [6.45, 7) is 18.9. The van der Waals surface area contributed by atoms with Gasteiger partial charge in [-0.15, -0.1) is 0 Å². The summed E-state index contributed by atoms with van der Waals surface area (Å²) in [5.74, 6) is 0. The maximum absolute atomic E-state index is 3.80. The zero-order valence-electron chi connectivity index (χ0n) is 11.8. The summed E-state index contributed by atoms with van der Waals surface area (Å²) in [6, 6.07) is 0. The molecule has 0 aliphatic carbocycles. The Morgan fingerprint density at radius 2 is 1.53 bits per heavy atom. The van der Waals surface area contributed by atoms with Gasteiger partial charge in [-0.05, 0) is 27.4 Å². The summed E-state index contributed by atoms with van der Waals surface area (Å²) in [5, 5.41) is 0. The third-order valence-corrected chi connectivity index (χ3v) is 3.63. The molecule has 4 heteroatoms. The molecule has 0 spiro atoms. The van der Waals surface area contributed by atoms with Crippen LogP contribution >= 0.6 is 0 Å². The van der Waals surface area contributed by atoms with Gasteiger partial charge in [-0.3, -0.25) is 0 Å². The molecule has 2 nitrogen and oxygen atoms in total. The molecule has 0 fully saturated rings. The topological polar surface area (TPSA) is 3.01 Å². The van der Waals surface area contributed by atoms with Crippen molar-refractivity contribution in [1.82, 2.24) is 0 Å². The van der Waals surface area contributed by atoms with E-state index >= 15 is 0 Å². The first kappa shape index (κ1) is 22.5. The van der Waals surface area contributed by atoms with Crippen LogP contribution in [0.25, 0.3) is 0 Å². The van der Waals surface area contributed by atoms with E-state index in [1.807, 2.05) is 6.20 Å². The van der Waals surface area contributed by atoms with E-state index in [2.05, 4.69) is 45.1 Å². The Kier molecular flexibility index (Phi) is 16.9. The van der Waals surface area contributed by atoms with E-state index < -0.39 is 0 Å². The van der Waals surface area contributed by atoms with Crippen molar-refractivity contribution >= 4 is 6.21 Å².